The van der Waals surface area contributed by atoms with Crippen LogP contribution in [0.5, 0.6) is 0 Å². The summed E-state index contributed by atoms with van der Waals surface area (Å²) in [7, 11) is 3.92. The summed E-state index contributed by atoms with van der Waals surface area (Å²) in [4.78, 5) is 2.03. The van der Waals surface area contributed by atoms with Crippen LogP contribution < -0.4 is 0 Å². The Hall–Kier alpha value is -0.900. The molecular formula is C13H21NO2. The molecule has 0 radical (unpaired) electrons. The van der Waals surface area contributed by atoms with Crippen LogP contribution in [0.4, 0.5) is 0 Å². The molecule has 1 rings (SSSR count). The van der Waals surface area contributed by atoms with E-state index < -0.39 is 0 Å². The zero-order valence-corrected chi connectivity index (χ0v) is 10.2. The Morgan fingerprint density at radius 1 is 1.06 bits per heavy atom. The Kier molecular flexibility index (Phi) is 4.93. The number of aliphatic hydroxyl groups is 2. The molecule has 0 bridgehead atoms. The topological polar surface area (TPSA) is 43.7 Å². The molecule has 0 aromatic heterocycles. The lowest BCUT2D eigenvalue weighted by Gasteiger charge is -2.30. The van der Waals surface area contributed by atoms with Crippen LogP contribution in [-0.2, 0) is 0 Å². The van der Waals surface area contributed by atoms with Crippen LogP contribution in [0.2, 0.25) is 0 Å². The van der Waals surface area contributed by atoms with Crippen LogP contribution in [0.25, 0.3) is 0 Å². The highest BCUT2D eigenvalue weighted by molar-refractivity contribution is 5.24. The predicted molar refractivity (Wildman–Crippen MR) is 65.3 cm³/mol. The van der Waals surface area contributed by atoms with Gasteiger partial charge in [0, 0.05) is 25.2 Å². The van der Waals surface area contributed by atoms with E-state index in [0.717, 1.165) is 5.56 Å². The highest BCUT2D eigenvalue weighted by Crippen LogP contribution is 2.26. The Labute approximate surface area is 97.3 Å². The van der Waals surface area contributed by atoms with E-state index in [1.54, 1.807) is 0 Å². The fraction of sp³-hybridized carbons (Fsp3) is 0.538. The Morgan fingerprint density at radius 2 is 1.56 bits per heavy atom. The Bertz CT molecular complexity index is 304. The monoisotopic (exact) mass is 223 g/mol. The average molecular weight is 223 g/mol. The highest BCUT2D eigenvalue weighted by Gasteiger charge is 2.23. The quantitative estimate of drug-likeness (QED) is 0.788. The predicted octanol–water partition coefficient (Wildman–Crippen LogP) is 1.20. The van der Waals surface area contributed by atoms with Gasteiger partial charge in [-0.25, -0.2) is 0 Å². The van der Waals surface area contributed by atoms with E-state index >= 15 is 0 Å². The summed E-state index contributed by atoms with van der Waals surface area (Å²) >= 11 is 0. The summed E-state index contributed by atoms with van der Waals surface area (Å²) in [5, 5.41) is 18.5. The standard InChI is InChI=1S/C13H21NO2/c1-10-4-6-11(7-5-10)13(14(2)3)12(8-15)9-16/h4-7,12-13,15-16H,8-9H2,1-3H3. The molecule has 0 amide bonds. The van der Waals surface area contributed by atoms with Gasteiger partial charge in [-0.3, -0.25) is 0 Å². The second kappa shape index (κ2) is 5.99. The van der Waals surface area contributed by atoms with Crippen molar-refractivity contribution in [1.29, 1.82) is 0 Å². The maximum atomic E-state index is 9.27. The van der Waals surface area contributed by atoms with Crippen LogP contribution in [0.3, 0.4) is 0 Å². The molecule has 16 heavy (non-hydrogen) atoms. The molecule has 1 atom stereocenters. The smallest absolute Gasteiger partial charge is 0.0499 e. The van der Waals surface area contributed by atoms with Gasteiger partial charge < -0.3 is 15.1 Å². The van der Waals surface area contributed by atoms with E-state index in [1.165, 1.54) is 5.56 Å². The van der Waals surface area contributed by atoms with Gasteiger partial charge in [0.15, 0.2) is 0 Å². The summed E-state index contributed by atoms with van der Waals surface area (Å²) in [5.41, 5.74) is 2.34. The van der Waals surface area contributed by atoms with Gasteiger partial charge >= 0.3 is 0 Å². The fourth-order valence-electron chi connectivity index (χ4n) is 2.01. The van der Waals surface area contributed by atoms with Crippen LogP contribution in [0.15, 0.2) is 24.3 Å². The molecule has 0 heterocycles. The molecular weight excluding hydrogens is 202 g/mol. The van der Waals surface area contributed by atoms with Crippen molar-refractivity contribution in [3.63, 3.8) is 0 Å². The van der Waals surface area contributed by atoms with Crippen LogP contribution in [-0.4, -0.2) is 42.4 Å². The van der Waals surface area contributed by atoms with Gasteiger partial charge in [-0.1, -0.05) is 29.8 Å². The highest BCUT2D eigenvalue weighted by atomic mass is 16.3. The van der Waals surface area contributed by atoms with E-state index in [0.29, 0.717) is 0 Å². The van der Waals surface area contributed by atoms with Crippen LogP contribution in [0.1, 0.15) is 17.2 Å². The third kappa shape index (κ3) is 3.04. The van der Waals surface area contributed by atoms with E-state index in [1.807, 2.05) is 25.9 Å². The zero-order chi connectivity index (χ0) is 12.1. The molecule has 0 aliphatic rings. The lowest BCUT2D eigenvalue weighted by atomic mass is 9.93. The SMILES string of the molecule is Cc1ccc(C(C(CO)CO)N(C)C)cc1. The minimum absolute atomic E-state index is 0.00672. The summed E-state index contributed by atoms with van der Waals surface area (Å²) < 4.78 is 0. The Morgan fingerprint density at radius 3 is 1.94 bits per heavy atom. The van der Waals surface area contributed by atoms with E-state index in [-0.39, 0.29) is 25.2 Å². The molecule has 0 aliphatic heterocycles. The molecule has 1 aromatic carbocycles. The lowest BCUT2D eigenvalue weighted by molar-refractivity contribution is 0.0808. The molecule has 3 heteroatoms. The van der Waals surface area contributed by atoms with Crippen molar-refractivity contribution < 1.29 is 10.2 Å². The number of hydrogen-bond donors (Lipinski definition) is 2. The van der Waals surface area contributed by atoms with Gasteiger partial charge in [0.05, 0.1) is 0 Å². The minimum Gasteiger partial charge on any atom is -0.396 e. The number of nitrogens with zero attached hydrogens (tertiary/aromatic N) is 1. The zero-order valence-electron chi connectivity index (χ0n) is 10.2. The molecule has 0 fully saturated rings. The van der Waals surface area contributed by atoms with Crippen molar-refractivity contribution >= 4 is 0 Å². The number of aliphatic hydroxyl groups excluding tert-OH is 2. The summed E-state index contributed by atoms with van der Waals surface area (Å²) in [6, 6.07) is 8.27. The molecule has 1 aromatic rings. The first-order valence-electron chi connectivity index (χ1n) is 5.54. The number of benzene rings is 1. The van der Waals surface area contributed by atoms with Gasteiger partial charge in [0.2, 0.25) is 0 Å². The third-order valence-electron chi connectivity index (χ3n) is 2.89. The molecule has 0 aliphatic carbocycles. The third-order valence-corrected chi connectivity index (χ3v) is 2.89. The maximum absolute atomic E-state index is 9.27. The van der Waals surface area contributed by atoms with Gasteiger partial charge in [-0.05, 0) is 26.6 Å². The van der Waals surface area contributed by atoms with Gasteiger partial charge in [0.25, 0.3) is 0 Å². The molecule has 90 valence electrons. The van der Waals surface area contributed by atoms with Crippen molar-refractivity contribution in [1.82, 2.24) is 4.90 Å². The maximum Gasteiger partial charge on any atom is 0.0499 e. The van der Waals surface area contributed by atoms with Crippen LogP contribution in [0, 0.1) is 12.8 Å². The van der Waals surface area contributed by atoms with Gasteiger partial charge in [0.1, 0.15) is 0 Å². The largest absolute Gasteiger partial charge is 0.396 e. The van der Waals surface area contributed by atoms with Crippen molar-refractivity contribution in [2.45, 2.75) is 13.0 Å². The van der Waals surface area contributed by atoms with Crippen LogP contribution >= 0.6 is 0 Å². The first-order valence-corrected chi connectivity index (χ1v) is 5.54. The summed E-state index contributed by atoms with van der Waals surface area (Å²) in [6.45, 7) is 2.03. The molecule has 1 unspecified atom stereocenters. The summed E-state index contributed by atoms with van der Waals surface area (Å²) in [5.74, 6) is -0.141. The van der Waals surface area contributed by atoms with Gasteiger partial charge in [-0.2, -0.15) is 0 Å². The molecule has 0 spiro atoms. The number of aryl methyl sites for hydroxylation is 1. The first-order chi connectivity index (χ1) is 7.60. The van der Waals surface area contributed by atoms with E-state index in [2.05, 4.69) is 24.3 Å². The molecule has 0 saturated carbocycles. The molecule has 3 nitrogen and oxygen atoms in total. The van der Waals surface area contributed by atoms with E-state index in [9.17, 15) is 10.2 Å². The van der Waals surface area contributed by atoms with Crippen molar-refractivity contribution in [3.8, 4) is 0 Å². The Balaban J connectivity index is 2.97. The fourth-order valence-corrected chi connectivity index (χ4v) is 2.01. The number of hydrogen-bond acceptors (Lipinski definition) is 3. The van der Waals surface area contributed by atoms with E-state index in [4.69, 9.17) is 0 Å². The normalized spacial score (nSPS) is 13.4. The van der Waals surface area contributed by atoms with Crippen molar-refractivity contribution in [2.75, 3.05) is 27.3 Å². The number of rotatable bonds is 5. The molecule has 0 saturated heterocycles. The van der Waals surface area contributed by atoms with Crippen molar-refractivity contribution in [3.05, 3.63) is 35.4 Å². The first kappa shape index (κ1) is 13.2. The average Bonchev–Trinajstić information content (AvgIpc) is 2.27. The lowest BCUT2D eigenvalue weighted by Crippen LogP contribution is -2.31. The summed E-state index contributed by atoms with van der Waals surface area (Å²) in [6.07, 6.45) is 0. The second-order valence-corrected chi connectivity index (χ2v) is 4.44. The second-order valence-electron chi connectivity index (χ2n) is 4.44. The minimum atomic E-state index is -0.141. The molecule has 2 N–H and O–H groups in total. The van der Waals surface area contributed by atoms with Gasteiger partial charge in [-0.15, -0.1) is 0 Å². The van der Waals surface area contributed by atoms with Crippen molar-refractivity contribution in [2.24, 2.45) is 5.92 Å².